The lowest BCUT2D eigenvalue weighted by atomic mass is 9.75. The number of oxazole rings is 1. The third kappa shape index (κ3) is 2.31. The Morgan fingerprint density at radius 3 is 2.50 bits per heavy atom. The number of halogens is 1. The summed E-state index contributed by atoms with van der Waals surface area (Å²) in [6.45, 7) is 5.58. The van der Waals surface area contributed by atoms with Crippen LogP contribution in [-0.2, 0) is 4.79 Å². The lowest BCUT2D eigenvalue weighted by molar-refractivity contribution is -0.122. The monoisotopic (exact) mass is 319 g/mol. The Kier molecular flexibility index (Phi) is 3.73. The van der Waals surface area contributed by atoms with Crippen molar-refractivity contribution < 1.29 is 9.21 Å². The van der Waals surface area contributed by atoms with Gasteiger partial charge in [-0.3, -0.25) is 4.79 Å². The number of carbonyl (C=O) groups excluding carboxylic acids is 1. The van der Waals surface area contributed by atoms with E-state index in [0.717, 1.165) is 17.8 Å². The van der Waals surface area contributed by atoms with Gasteiger partial charge in [-0.15, -0.1) is 0 Å². The van der Waals surface area contributed by atoms with Crippen LogP contribution >= 0.6 is 11.6 Å². The van der Waals surface area contributed by atoms with Crippen molar-refractivity contribution >= 4 is 17.4 Å². The van der Waals surface area contributed by atoms with E-state index in [0.29, 0.717) is 10.8 Å². The summed E-state index contributed by atoms with van der Waals surface area (Å²) >= 11 is 5.91. The number of aromatic nitrogens is 1. The van der Waals surface area contributed by atoms with Gasteiger partial charge in [-0.1, -0.05) is 25.4 Å². The zero-order valence-electron chi connectivity index (χ0n) is 12.8. The van der Waals surface area contributed by atoms with Gasteiger partial charge in [-0.25, -0.2) is 9.36 Å². The molecule has 2 aromatic rings. The summed E-state index contributed by atoms with van der Waals surface area (Å²) in [4.78, 5) is 24.2. The molecule has 0 unspecified atom stereocenters. The van der Waals surface area contributed by atoms with Crippen molar-refractivity contribution in [3.05, 3.63) is 51.3 Å². The first-order valence-corrected chi connectivity index (χ1v) is 7.80. The standard InChI is InChI=1S/C17H18ClNO3/c1-9-8-14(11(3)20)10(2)16-15(9)19(17(21)22-16)13-6-4-12(18)5-7-13/h4-7,9-10,14H,8H2,1-3H3/t9-,10-,14-/m0/s1. The average molecular weight is 320 g/mol. The van der Waals surface area contributed by atoms with Crippen molar-refractivity contribution in [1.82, 2.24) is 4.57 Å². The van der Waals surface area contributed by atoms with E-state index < -0.39 is 5.76 Å². The van der Waals surface area contributed by atoms with Crippen LogP contribution in [0, 0.1) is 5.92 Å². The highest BCUT2D eigenvalue weighted by molar-refractivity contribution is 6.30. The van der Waals surface area contributed by atoms with Gasteiger partial charge >= 0.3 is 5.76 Å². The van der Waals surface area contributed by atoms with Crippen molar-refractivity contribution in [1.29, 1.82) is 0 Å². The minimum absolute atomic E-state index is 0.0787. The van der Waals surface area contributed by atoms with Gasteiger partial charge in [0.05, 0.1) is 11.4 Å². The molecule has 116 valence electrons. The molecule has 0 saturated heterocycles. The number of fused-ring (bicyclic) bond motifs is 1. The Morgan fingerprint density at radius 2 is 1.91 bits per heavy atom. The van der Waals surface area contributed by atoms with Crippen molar-refractivity contribution in [3.8, 4) is 5.69 Å². The molecule has 0 amide bonds. The van der Waals surface area contributed by atoms with Gasteiger partial charge in [-0.2, -0.15) is 0 Å². The van der Waals surface area contributed by atoms with E-state index >= 15 is 0 Å². The maximum atomic E-state index is 12.3. The molecule has 1 aliphatic carbocycles. The second kappa shape index (κ2) is 5.43. The van der Waals surface area contributed by atoms with Gasteiger partial charge in [0.2, 0.25) is 0 Å². The van der Waals surface area contributed by atoms with Crippen LogP contribution in [-0.4, -0.2) is 10.4 Å². The Labute approximate surface area is 133 Å². The van der Waals surface area contributed by atoms with Crippen LogP contribution in [0.25, 0.3) is 5.69 Å². The Morgan fingerprint density at radius 1 is 1.27 bits per heavy atom. The molecule has 0 aliphatic heterocycles. The lowest BCUT2D eigenvalue weighted by Crippen LogP contribution is -2.27. The summed E-state index contributed by atoms with van der Waals surface area (Å²) in [5, 5.41) is 0.618. The van der Waals surface area contributed by atoms with E-state index in [-0.39, 0.29) is 23.5 Å². The topological polar surface area (TPSA) is 52.2 Å². The molecule has 1 heterocycles. The quantitative estimate of drug-likeness (QED) is 0.843. The second-order valence-corrected chi connectivity index (χ2v) is 6.51. The van der Waals surface area contributed by atoms with E-state index in [2.05, 4.69) is 0 Å². The van der Waals surface area contributed by atoms with E-state index in [9.17, 15) is 9.59 Å². The molecular formula is C17H18ClNO3. The molecule has 3 atom stereocenters. The number of hydrogen-bond acceptors (Lipinski definition) is 3. The van der Waals surface area contributed by atoms with Crippen LogP contribution in [0.5, 0.6) is 0 Å². The first-order valence-electron chi connectivity index (χ1n) is 7.42. The Balaban J connectivity index is 2.17. The molecule has 5 heteroatoms. The molecule has 1 aromatic carbocycles. The Bertz CT molecular complexity index is 772. The predicted molar refractivity (Wildman–Crippen MR) is 84.9 cm³/mol. The van der Waals surface area contributed by atoms with Gasteiger partial charge in [-0.05, 0) is 37.6 Å². The maximum Gasteiger partial charge on any atom is 0.424 e. The van der Waals surface area contributed by atoms with E-state index in [1.165, 1.54) is 0 Å². The lowest BCUT2D eigenvalue weighted by Gasteiger charge is -2.30. The summed E-state index contributed by atoms with van der Waals surface area (Å²) in [6, 6.07) is 7.10. The molecule has 1 aromatic heterocycles. The Hall–Kier alpha value is -1.81. The smallest absolute Gasteiger partial charge is 0.412 e. The van der Waals surface area contributed by atoms with Gasteiger partial charge in [0, 0.05) is 22.8 Å². The average Bonchev–Trinajstić information content (AvgIpc) is 2.82. The molecule has 1 aliphatic rings. The van der Waals surface area contributed by atoms with Crippen LogP contribution in [0.3, 0.4) is 0 Å². The van der Waals surface area contributed by atoms with Crippen molar-refractivity contribution in [2.24, 2.45) is 5.92 Å². The third-order valence-electron chi connectivity index (χ3n) is 4.57. The van der Waals surface area contributed by atoms with Gasteiger partial charge in [0.1, 0.15) is 11.5 Å². The van der Waals surface area contributed by atoms with Gasteiger partial charge in [0.15, 0.2) is 0 Å². The SMILES string of the molecule is CC(=O)[C@H]1C[C@H](C)c2c(oc(=O)n2-c2ccc(Cl)cc2)[C@H]1C. The largest absolute Gasteiger partial charge is 0.424 e. The number of rotatable bonds is 2. The summed E-state index contributed by atoms with van der Waals surface area (Å²) in [7, 11) is 0. The molecule has 0 radical (unpaired) electrons. The number of Topliss-reactive ketones (excluding diaryl/α,β-unsaturated/α-hetero) is 1. The highest BCUT2D eigenvalue weighted by Crippen LogP contribution is 2.43. The fourth-order valence-electron chi connectivity index (χ4n) is 3.42. The van der Waals surface area contributed by atoms with Crippen LogP contribution < -0.4 is 5.76 Å². The minimum Gasteiger partial charge on any atom is -0.412 e. The first kappa shape index (κ1) is 15.1. The zero-order valence-corrected chi connectivity index (χ0v) is 13.6. The molecule has 3 rings (SSSR count). The van der Waals surface area contributed by atoms with Crippen LogP contribution in [0.15, 0.2) is 33.5 Å². The molecule has 0 saturated carbocycles. The summed E-state index contributed by atoms with van der Waals surface area (Å²) in [6.07, 6.45) is 0.732. The van der Waals surface area contributed by atoms with Gasteiger partial charge in [0.25, 0.3) is 0 Å². The molecule has 0 fully saturated rings. The predicted octanol–water partition coefficient (Wildman–Crippen LogP) is 3.90. The number of nitrogens with zero attached hydrogens (tertiary/aromatic N) is 1. The van der Waals surface area contributed by atoms with Crippen LogP contribution in [0.4, 0.5) is 0 Å². The van der Waals surface area contributed by atoms with Crippen molar-refractivity contribution in [3.63, 3.8) is 0 Å². The summed E-state index contributed by atoms with van der Waals surface area (Å²) < 4.78 is 7.11. The van der Waals surface area contributed by atoms with Gasteiger partial charge < -0.3 is 4.42 Å². The molecule has 0 spiro atoms. The fraction of sp³-hybridized carbons (Fsp3) is 0.412. The normalized spacial score (nSPS) is 24.1. The molecule has 4 nitrogen and oxygen atoms in total. The van der Waals surface area contributed by atoms with E-state index in [1.54, 1.807) is 35.8 Å². The zero-order chi connectivity index (χ0) is 16.0. The van der Waals surface area contributed by atoms with E-state index in [4.69, 9.17) is 16.0 Å². The van der Waals surface area contributed by atoms with Crippen LogP contribution in [0.2, 0.25) is 5.02 Å². The summed E-state index contributed by atoms with van der Waals surface area (Å²) in [5.74, 6) is 0.292. The van der Waals surface area contributed by atoms with Crippen molar-refractivity contribution in [2.45, 2.75) is 39.0 Å². The minimum atomic E-state index is -0.407. The number of hydrogen-bond donors (Lipinski definition) is 0. The first-order chi connectivity index (χ1) is 10.4. The molecular weight excluding hydrogens is 302 g/mol. The second-order valence-electron chi connectivity index (χ2n) is 6.07. The third-order valence-corrected chi connectivity index (χ3v) is 4.82. The molecule has 22 heavy (non-hydrogen) atoms. The van der Waals surface area contributed by atoms with E-state index in [1.807, 2.05) is 13.8 Å². The van der Waals surface area contributed by atoms with Crippen molar-refractivity contribution in [2.75, 3.05) is 0 Å². The highest BCUT2D eigenvalue weighted by atomic mass is 35.5. The van der Waals surface area contributed by atoms with Crippen LogP contribution in [0.1, 0.15) is 50.5 Å². The maximum absolute atomic E-state index is 12.3. The number of benzene rings is 1. The number of ketones is 1. The number of carbonyl (C=O) groups is 1. The molecule has 0 bridgehead atoms. The fourth-order valence-corrected chi connectivity index (χ4v) is 3.55. The molecule has 0 N–H and O–H groups in total. The summed E-state index contributed by atoms with van der Waals surface area (Å²) in [5.41, 5.74) is 1.61. The highest BCUT2D eigenvalue weighted by Gasteiger charge is 2.38.